The maximum atomic E-state index is 11.7. The average molecular weight is 510 g/mol. The van der Waals surface area contributed by atoms with Crippen molar-refractivity contribution in [1.29, 1.82) is 0 Å². The Bertz CT molecular complexity index is 506. The third kappa shape index (κ3) is 11.7. The fraction of sp³-hybridized carbons (Fsp3) is 0.850. The molecule has 164 valence electrons. The number of carbonyl (C=O) groups is 2. The van der Waals surface area contributed by atoms with E-state index in [0.29, 0.717) is 12.8 Å². The second kappa shape index (κ2) is 14.0. The van der Waals surface area contributed by atoms with Crippen molar-refractivity contribution in [1.82, 2.24) is 15.5 Å². The Morgan fingerprint density at radius 1 is 1.18 bits per heavy atom. The van der Waals surface area contributed by atoms with E-state index in [1.165, 1.54) is 0 Å². The van der Waals surface area contributed by atoms with Crippen molar-refractivity contribution in [3.8, 4) is 0 Å². The lowest BCUT2D eigenvalue weighted by Gasteiger charge is -2.19. The maximum absolute atomic E-state index is 11.7. The van der Waals surface area contributed by atoms with Crippen molar-refractivity contribution in [3.63, 3.8) is 0 Å². The molecule has 0 bridgehead atoms. The van der Waals surface area contributed by atoms with E-state index in [4.69, 9.17) is 4.74 Å². The van der Waals surface area contributed by atoms with E-state index in [-0.39, 0.29) is 41.9 Å². The van der Waals surface area contributed by atoms with Gasteiger partial charge in [-0.3, -0.25) is 14.6 Å². The van der Waals surface area contributed by atoms with Crippen LogP contribution in [-0.2, 0) is 14.3 Å². The zero-order chi connectivity index (χ0) is 20.3. The monoisotopic (exact) mass is 510 g/mol. The number of nitrogens with zero attached hydrogens (tertiary/aromatic N) is 2. The highest BCUT2D eigenvalue weighted by atomic mass is 127. The van der Waals surface area contributed by atoms with Gasteiger partial charge in [0, 0.05) is 45.6 Å². The number of nitrogens with one attached hydrogen (secondary N) is 2. The lowest BCUT2D eigenvalue weighted by Crippen LogP contribution is -2.45. The Labute approximate surface area is 187 Å². The summed E-state index contributed by atoms with van der Waals surface area (Å²) >= 11 is 0. The number of hydrogen-bond acceptors (Lipinski definition) is 4. The molecule has 0 radical (unpaired) electrons. The minimum Gasteiger partial charge on any atom is -0.460 e. The molecule has 2 N–H and O–H groups in total. The highest BCUT2D eigenvalue weighted by molar-refractivity contribution is 14.0. The van der Waals surface area contributed by atoms with E-state index in [1.54, 1.807) is 7.05 Å². The van der Waals surface area contributed by atoms with Crippen LogP contribution >= 0.6 is 24.0 Å². The smallest absolute Gasteiger partial charge is 0.306 e. The van der Waals surface area contributed by atoms with Gasteiger partial charge in [-0.15, -0.1) is 24.0 Å². The van der Waals surface area contributed by atoms with Gasteiger partial charge in [0.15, 0.2) is 5.96 Å². The highest BCUT2D eigenvalue weighted by Gasteiger charge is 2.25. The van der Waals surface area contributed by atoms with Crippen molar-refractivity contribution in [2.24, 2.45) is 4.99 Å². The van der Waals surface area contributed by atoms with Crippen molar-refractivity contribution in [2.75, 3.05) is 26.7 Å². The highest BCUT2D eigenvalue weighted by Crippen LogP contribution is 2.11. The average Bonchev–Trinajstić information content (AvgIpc) is 3.06. The van der Waals surface area contributed by atoms with Crippen LogP contribution in [0.3, 0.4) is 0 Å². The summed E-state index contributed by atoms with van der Waals surface area (Å²) in [6.45, 7) is 9.98. The summed E-state index contributed by atoms with van der Waals surface area (Å²) in [5.74, 6) is 0.894. The summed E-state index contributed by atoms with van der Waals surface area (Å²) in [6.07, 6.45) is 5.98. The molecule has 1 fully saturated rings. The van der Waals surface area contributed by atoms with E-state index in [2.05, 4.69) is 15.6 Å². The van der Waals surface area contributed by atoms with Gasteiger partial charge in [0.05, 0.1) is 0 Å². The fourth-order valence-electron chi connectivity index (χ4n) is 3.06. The molecule has 0 aromatic heterocycles. The lowest BCUT2D eigenvalue weighted by atomic mass is 10.1. The van der Waals surface area contributed by atoms with Crippen LogP contribution in [0.15, 0.2) is 4.99 Å². The Balaban J connectivity index is 0.00000729. The van der Waals surface area contributed by atoms with Gasteiger partial charge in [-0.25, -0.2) is 0 Å². The van der Waals surface area contributed by atoms with Gasteiger partial charge < -0.3 is 20.3 Å². The normalized spacial score (nSPS) is 17.1. The third-order valence-corrected chi connectivity index (χ3v) is 4.43. The predicted molar refractivity (Wildman–Crippen MR) is 124 cm³/mol. The van der Waals surface area contributed by atoms with Gasteiger partial charge in [0.25, 0.3) is 0 Å². The number of amides is 1. The van der Waals surface area contributed by atoms with Crippen LogP contribution < -0.4 is 10.6 Å². The van der Waals surface area contributed by atoms with E-state index in [1.807, 2.05) is 32.6 Å². The summed E-state index contributed by atoms with van der Waals surface area (Å²) < 4.78 is 5.30. The molecule has 1 atom stereocenters. The molecule has 0 spiro atoms. The molecule has 8 heteroatoms. The Hall–Kier alpha value is -1.06. The van der Waals surface area contributed by atoms with Gasteiger partial charge in [0.1, 0.15) is 5.60 Å². The first-order valence-corrected chi connectivity index (χ1v) is 10.2. The largest absolute Gasteiger partial charge is 0.460 e. The minimum atomic E-state index is -0.399. The summed E-state index contributed by atoms with van der Waals surface area (Å²) in [5.41, 5.74) is -0.399. The Morgan fingerprint density at radius 3 is 2.46 bits per heavy atom. The van der Waals surface area contributed by atoms with Gasteiger partial charge in [-0.1, -0.05) is 19.8 Å². The fourth-order valence-corrected chi connectivity index (χ4v) is 3.06. The molecular formula is C20H39IN4O3. The van der Waals surface area contributed by atoms with Crippen LogP contribution in [-0.4, -0.2) is 61.1 Å². The van der Waals surface area contributed by atoms with Gasteiger partial charge in [-0.2, -0.15) is 0 Å². The van der Waals surface area contributed by atoms with Gasteiger partial charge >= 0.3 is 5.97 Å². The summed E-state index contributed by atoms with van der Waals surface area (Å²) in [7, 11) is 1.76. The van der Waals surface area contributed by atoms with Crippen LogP contribution in [0, 0.1) is 0 Å². The topological polar surface area (TPSA) is 83.0 Å². The molecule has 0 aliphatic carbocycles. The number of hydrogen-bond donors (Lipinski definition) is 2. The molecule has 1 aliphatic heterocycles. The second-order valence-corrected chi connectivity index (χ2v) is 8.07. The maximum Gasteiger partial charge on any atom is 0.306 e. The predicted octanol–water partition coefficient (Wildman–Crippen LogP) is 3.07. The number of carbonyl (C=O) groups excluding carboxylic acids is 2. The van der Waals surface area contributed by atoms with Gasteiger partial charge in [-0.05, 0) is 40.0 Å². The van der Waals surface area contributed by atoms with Crippen molar-refractivity contribution >= 4 is 41.8 Å². The van der Waals surface area contributed by atoms with E-state index in [0.717, 1.165) is 57.7 Å². The first-order chi connectivity index (χ1) is 12.7. The summed E-state index contributed by atoms with van der Waals surface area (Å²) in [4.78, 5) is 29.6. The van der Waals surface area contributed by atoms with Crippen molar-refractivity contribution in [2.45, 2.75) is 84.3 Å². The first kappa shape index (κ1) is 26.9. The van der Waals surface area contributed by atoms with Crippen LogP contribution in [0.5, 0.6) is 0 Å². The van der Waals surface area contributed by atoms with E-state index < -0.39 is 5.60 Å². The molecular weight excluding hydrogens is 471 g/mol. The number of guanidine groups is 1. The quantitative estimate of drug-likeness (QED) is 0.164. The summed E-state index contributed by atoms with van der Waals surface area (Å²) in [5, 5.41) is 6.73. The molecule has 0 aromatic rings. The van der Waals surface area contributed by atoms with Crippen LogP contribution in [0.4, 0.5) is 0 Å². The SMILES string of the molecule is CCC(=O)N1CCC(NC(=NC)NCCCCCCC(=O)OC(C)(C)C)C1.I. The molecule has 1 amide bonds. The molecule has 1 saturated heterocycles. The number of esters is 1. The van der Waals surface area contributed by atoms with E-state index >= 15 is 0 Å². The molecule has 1 unspecified atom stereocenters. The van der Waals surface area contributed by atoms with Gasteiger partial charge in [0.2, 0.25) is 5.91 Å². The number of halogens is 1. The summed E-state index contributed by atoms with van der Waals surface area (Å²) in [6, 6.07) is 0.264. The Morgan fingerprint density at radius 2 is 1.86 bits per heavy atom. The molecule has 1 rings (SSSR count). The van der Waals surface area contributed by atoms with Crippen LogP contribution in [0.25, 0.3) is 0 Å². The number of unbranched alkanes of at least 4 members (excludes halogenated alkanes) is 3. The van der Waals surface area contributed by atoms with Crippen LogP contribution in [0.1, 0.15) is 72.6 Å². The number of rotatable bonds is 9. The van der Waals surface area contributed by atoms with Crippen molar-refractivity contribution in [3.05, 3.63) is 0 Å². The van der Waals surface area contributed by atoms with E-state index in [9.17, 15) is 9.59 Å². The lowest BCUT2D eigenvalue weighted by molar-refractivity contribution is -0.154. The standard InChI is InChI=1S/C20H38N4O3.HI/c1-6-17(25)24-14-12-16(15-24)23-19(21-5)22-13-10-8-7-9-11-18(26)27-20(2,3)4;/h16H,6-15H2,1-5H3,(H2,21,22,23);1H. The van der Waals surface area contributed by atoms with Crippen LogP contribution in [0.2, 0.25) is 0 Å². The molecule has 28 heavy (non-hydrogen) atoms. The number of likely N-dealkylation sites (tertiary alicyclic amines) is 1. The molecule has 0 aromatic carbocycles. The Kier molecular flexibility index (Phi) is 13.5. The second-order valence-electron chi connectivity index (χ2n) is 8.07. The molecule has 0 saturated carbocycles. The minimum absolute atomic E-state index is 0. The molecule has 7 nitrogen and oxygen atoms in total. The molecule has 1 heterocycles. The third-order valence-electron chi connectivity index (χ3n) is 4.43. The number of aliphatic imine (C=N–C) groups is 1. The van der Waals surface area contributed by atoms with Crippen molar-refractivity contribution < 1.29 is 14.3 Å². The zero-order valence-corrected chi connectivity index (χ0v) is 20.5. The first-order valence-electron chi connectivity index (χ1n) is 10.2. The molecule has 1 aliphatic rings. The zero-order valence-electron chi connectivity index (χ0n) is 18.2. The number of ether oxygens (including phenoxy) is 1.